The van der Waals surface area contributed by atoms with Crippen molar-refractivity contribution in [3.8, 4) is 0 Å². The highest BCUT2D eigenvalue weighted by atomic mass is 32.2. The van der Waals surface area contributed by atoms with Crippen molar-refractivity contribution in [1.29, 1.82) is 0 Å². The van der Waals surface area contributed by atoms with Crippen molar-refractivity contribution in [2.45, 2.75) is 231 Å². The van der Waals surface area contributed by atoms with E-state index in [0.29, 0.717) is 11.1 Å². The second-order valence-corrected chi connectivity index (χ2v) is 31.8. The van der Waals surface area contributed by atoms with Crippen molar-refractivity contribution in [1.82, 2.24) is 0 Å². The number of hydrogen-bond acceptors (Lipinski definition) is 39. The second kappa shape index (κ2) is 42.8. The zero-order valence-corrected chi connectivity index (χ0v) is 69.9. The average molecular weight is 1690 g/mol. The van der Waals surface area contributed by atoms with Gasteiger partial charge in [-0.2, -0.15) is 16.8 Å². The maximum Gasteiger partial charge on any atom is 0.297 e. The van der Waals surface area contributed by atoms with E-state index in [1.807, 2.05) is 0 Å². The number of methoxy groups -OCH3 is 19. The molecule has 0 saturated carbocycles. The van der Waals surface area contributed by atoms with E-state index in [1.54, 1.807) is 24.3 Å². The molecule has 41 heteroatoms. The van der Waals surface area contributed by atoms with Gasteiger partial charge >= 0.3 is 0 Å². The highest BCUT2D eigenvalue weighted by Crippen LogP contribution is 2.44. The molecule has 658 valence electrons. The molecule has 39 nitrogen and oxygen atoms in total. The molecule has 17 saturated heterocycles. The first-order valence-corrected chi connectivity index (χ1v) is 40.4. The molecule has 27 aliphatic heterocycles. The third-order valence-corrected chi connectivity index (χ3v) is 24.8. The van der Waals surface area contributed by atoms with Gasteiger partial charge in [0, 0.05) is 135 Å². The first kappa shape index (κ1) is 92.7. The molecular formula is C74H116O39S2. The summed E-state index contributed by atoms with van der Waals surface area (Å²) in [6.07, 6.45) is -43.5. The lowest BCUT2D eigenvalue weighted by Gasteiger charge is -2.52. The van der Waals surface area contributed by atoms with Crippen LogP contribution in [0, 0.1) is 0 Å². The lowest BCUT2D eigenvalue weighted by Crippen LogP contribution is -2.69. The Morgan fingerprint density at radius 2 is 0.426 bits per heavy atom. The molecule has 27 heterocycles. The van der Waals surface area contributed by atoms with Crippen LogP contribution in [0.15, 0.2) is 58.3 Å². The lowest BCUT2D eigenvalue weighted by atomic mass is 9.94. The quantitative estimate of drug-likeness (QED) is 0.124. The third-order valence-electron chi connectivity index (χ3n) is 22.2. The van der Waals surface area contributed by atoms with E-state index >= 15 is 0 Å². The van der Waals surface area contributed by atoms with Crippen LogP contribution in [0.3, 0.4) is 0 Å². The zero-order valence-electron chi connectivity index (χ0n) is 68.2. The number of ether oxygens (including phenoxy) is 33. The minimum absolute atomic E-state index is 0.130. The molecule has 27 aliphatic rings. The Bertz CT molecular complexity index is 3400. The Labute approximate surface area is 671 Å². The molecule has 2 aromatic rings. The third kappa shape index (κ3) is 20.1. The molecule has 0 N–H and O–H groups in total. The Hall–Kier alpha value is -3.06. The molecule has 0 unspecified atom stereocenters. The molecule has 0 aliphatic carbocycles. The molecule has 115 heavy (non-hydrogen) atoms. The fraction of sp³-hybridized carbons (Fsp3) is 0.838. The van der Waals surface area contributed by atoms with Gasteiger partial charge < -0.3 is 156 Å². The number of benzene rings is 2. The Balaban J connectivity index is 1.10. The molecule has 0 aromatic heterocycles. The van der Waals surface area contributed by atoms with Gasteiger partial charge in [0.25, 0.3) is 20.2 Å². The van der Waals surface area contributed by atoms with Crippen LogP contribution in [0.5, 0.6) is 0 Å². The minimum atomic E-state index is -4.69. The van der Waals surface area contributed by atoms with Crippen LogP contribution in [-0.4, -0.2) is 413 Å². The molecule has 0 radical (unpaired) electrons. The largest absolute Gasteiger partial charge is 0.382 e. The van der Waals surface area contributed by atoms with Crippen LogP contribution in [0.1, 0.15) is 11.1 Å². The van der Waals surface area contributed by atoms with Gasteiger partial charge in [-0.05, 0) is 41.8 Å². The lowest BCUT2D eigenvalue weighted by molar-refractivity contribution is -0.402. The van der Waals surface area contributed by atoms with Gasteiger partial charge in [0.1, 0.15) is 171 Å². The van der Waals surface area contributed by atoms with Crippen LogP contribution < -0.4 is 0 Å². The maximum atomic E-state index is 14.7. The second-order valence-electron chi connectivity index (χ2n) is 28.5. The fourth-order valence-electron chi connectivity index (χ4n) is 16.8. The van der Waals surface area contributed by atoms with Gasteiger partial charge in [0.2, 0.25) is 0 Å². The van der Waals surface area contributed by atoms with Crippen molar-refractivity contribution in [3.63, 3.8) is 0 Å². The molecule has 0 spiro atoms. The number of fused-ring (bicyclic) bond motifs is 2. The van der Waals surface area contributed by atoms with Crippen LogP contribution in [0.2, 0.25) is 0 Å². The highest BCUT2D eigenvalue weighted by molar-refractivity contribution is 7.87. The zero-order chi connectivity index (χ0) is 82.6. The van der Waals surface area contributed by atoms with E-state index in [0.717, 1.165) is 0 Å². The van der Waals surface area contributed by atoms with Gasteiger partial charge in [-0.25, -0.2) is 0 Å². The summed E-state index contributed by atoms with van der Waals surface area (Å²) < 4.78 is 287. The van der Waals surface area contributed by atoms with E-state index < -0.39 is 248 Å². The summed E-state index contributed by atoms with van der Waals surface area (Å²) in [7, 11) is 17.8. The highest BCUT2D eigenvalue weighted by Gasteiger charge is 2.63. The van der Waals surface area contributed by atoms with Crippen molar-refractivity contribution < 1.29 is 182 Å². The monoisotopic (exact) mass is 1690 g/mol. The first-order chi connectivity index (χ1) is 55.6. The van der Waals surface area contributed by atoms with Crippen LogP contribution >= 0.6 is 0 Å². The van der Waals surface area contributed by atoms with E-state index in [9.17, 15) is 16.8 Å². The molecule has 20 bridgehead atoms. The number of hydrogen-bond donors (Lipinski definition) is 0. The summed E-state index contributed by atoms with van der Waals surface area (Å²) in [5.41, 5.74) is 1.28. The van der Waals surface area contributed by atoms with Crippen LogP contribution in [-0.2, 0) is 191 Å². The van der Waals surface area contributed by atoms with Crippen LogP contribution in [0.25, 0.3) is 0 Å². The SMILES string of the molecule is COC[C@@H]1O[C@H]2O[C@H]3[C@@H](OC)[C@H](OC)[C@@H]4O[C@@H]5[C@@H](OC)[C@H](OC)[C@H](O[C@H]6[C@H](OC)[C@H](OC)[C@H](O[C@H]7[C@H](OC)[C@H](OC)[C@H](O[C@@H]8[C@@H](OC)[C@H](OC)[C@H](O[C@@H]9[C@H](OC)[C@H](OC)[C@H](O[C@@H]1[C@H](OC)[C@@H]2OC)O[C@@H]9COC)O[C@H]8COS(=O)(=O)c1ccc(cc1)Cc1ccc(cc1)S(=O)(=O)OC[C@@H]3O4)O[C@@H]7COC)O[C@H]6COC)O[C@@H]5COC. The van der Waals surface area contributed by atoms with Gasteiger partial charge in [0.05, 0.1) is 56.0 Å². The summed E-state index contributed by atoms with van der Waals surface area (Å²) in [4.78, 5) is -0.479. The number of rotatable bonds is 24. The first-order valence-electron chi connectivity index (χ1n) is 37.6. The van der Waals surface area contributed by atoms with Crippen molar-refractivity contribution >= 4 is 20.2 Å². The van der Waals surface area contributed by atoms with E-state index in [1.165, 1.54) is 159 Å². The minimum Gasteiger partial charge on any atom is -0.382 e. The predicted octanol–water partition coefficient (Wildman–Crippen LogP) is -0.0721. The molecular weight excluding hydrogens is 1580 g/mol. The van der Waals surface area contributed by atoms with Crippen molar-refractivity contribution in [2.75, 3.05) is 181 Å². The summed E-state index contributed by atoms with van der Waals surface area (Å²) >= 11 is 0. The predicted molar refractivity (Wildman–Crippen MR) is 387 cm³/mol. The van der Waals surface area contributed by atoms with Gasteiger partial charge in [0.15, 0.2) is 44.0 Å². The topological polar surface area (TPSA) is 391 Å². The maximum absolute atomic E-state index is 14.7. The normalized spacial score (nSPS) is 42.8. The standard InChI is InChI=1S/C74H116O39S2/c1-79-29-40-47-54(84-6)61(91-13)68(100-40)108-48-41(30-80-2)103-71(64(94-16)55(48)85-7)112-52-45-34-98-114(75,76)38-24-20-36(21-25-38)28-37-22-26-39(27-23-37)115(77,78)99-35-46-53(60(90-12)66(96-18)73(105-46)110-50-43(32-82-4)101-69(107-47)62(92-14)57(50)87-9)113-72-65(95-17)56(86-8)49(42(104-72)31-81-3)109-70-63(93-15)58(88-10)51(44(102-70)33-83-5)111-74(106-45)67(97-19)59(52)89-11/h20-27,40-74H,28-35H2,1-19H3/t40-,41+,42-,43+,44+,45-,46-,47+,48+,49-,50-,51-,52-,53+,54-,55-,56-,57+,58-,59+,60+,61-,62-,63-,64-,65-,66-,67-,68-,69-,70-,71-,72-,73-,74-/m0/s1. The van der Waals surface area contributed by atoms with E-state index in [-0.39, 0.29) is 49.2 Å². The van der Waals surface area contributed by atoms with E-state index in [2.05, 4.69) is 0 Å². The summed E-state index contributed by atoms with van der Waals surface area (Å²) in [6, 6.07) is 11.9. The molecule has 17 fully saturated rings. The molecule has 2 aromatic carbocycles. The summed E-state index contributed by atoms with van der Waals surface area (Å²) in [5.74, 6) is 0. The van der Waals surface area contributed by atoms with Gasteiger partial charge in [-0.1, -0.05) is 24.3 Å². The molecule has 35 atom stereocenters. The summed E-state index contributed by atoms with van der Waals surface area (Å²) in [6.45, 7) is -2.35. The van der Waals surface area contributed by atoms with Crippen molar-refractivity contribution in [2.24, 2.45) is 0 Å². The van der Waals surface area contributed by atoms with Gasteiger partial charge in [-0.3, -0.25) is 8.37 Å². The Morgan fingerprint density at radius 1 is 0.243 bits per heavy atom. The Kier molecular flexibility index (Phi) is 34.5. The fourth-order valence-corrected chi connectivity index (χ4v) is 18.6. The van der Waals surface area contributed by atoms with Crippen molar-refractivity contribution in [3.05, 3.63) is 59.7 Å². The molecule has 0 amide bonds. The average Bonchev–Trinajstić information content (AvgIpc) is 0.992. The van der Waals surface area contributed by atoms with E-state index in [4.69, 9.17) is 165 Å². The Morgan fingerprint density at radius 3 is 0.617 bits per heavy atom. The van der Waals surface area contributed by atoms with Gasteiger partial charge in [-0.15, -0.1) is 0 Å². The smallest absolute Gasteiger partial charge is 0.297 e. The van der Waals surface area contributed by atoms with Crippen LogP contribution in [0.4, 0.5) is 0 Å². The summed E-state index contributed by atoms with van der Waals surface area (Å²) in [5, 5.41) is 0. The molecule has 29 rings (SSSR count).